The molecule has 2 rings (SSSR count). The fraction of sp³-hybridized carbons (Fsp3) is 0.500. The van der Waals surface area contributed by atoms with Gasteiger partial charge in [-0.2, -0.15) is 0 Å². The van der Waals surface area contributed by atoms with Crippen molar-refractivity contribution in [3.63, 3.8) is 0 Å². The number of benzene rings is 2. The average molecular weight is 486 g/mol. The van der Waals surface area contributed by atoms with Gasteiger partial charge in [0.05, 0.1) is 0 Å². The molecule has 0 amide bonds. The minimum absolute atomic E-state index is 0.130. The Morgan fingerprint density at radius 1 is 0.939 bits per heavy atom. The van der Waals surface area contributed by atoms with Crippen LogP contribution in [0.4, 0.5) is 13.2 Å². The number of alkyl halides is 3. The van der Waals surface area contributed by atoms with Gasteiger partial charge in [0, 0.05) is 11.1 Å². The van der Waals surface area contributed by atoms with Crippen LogP contribution in [-0.4, -0.2) is 24.4 Å². The molecule has 33 heavy (non-hydrogen) atoms. The van der Waals surface area contributed by atoms with Crippen LogP contribution in [0, 0.1) is 6.92 Å². The normalized spacial score (nSPS) is 12.1. The number of rotatable bonds is 15. The topological polar surface area (TPSA) is 67.8 Å². The van der Waals surface area contributed by atoms with E-state index in [-0.39, 0.29) is 12.4 Å². The van der Waals surface area contributed by atoms with Crippen LogP contribution in [0.5, 0.6) is 5.75 Å². The minimum Gasteiger partial charge on any atom is -0.405 e. The molecule has 182 valence electrons. The molecule has 2 aromatic rings. The van der Waals surface area contributed by atoms with Crippen LogP contribution in [0.1, 0.15) is 54.4 Å². The molecule has 1 unspecified atom stereocenters. The van der Waals surface area contributed by atoms with Crippen LogP contribution >= 0.6 is 8.25 Å². The molecular weight excluding hydrogens is 454 g/mol. The summed E-state index contributed by atoms with van der Waals surface area (Å²) in [4.78, 5) is 8.56. The Labute approximate surface area is 194 Å². The van der Waals surface area contributed by atoms with Crippen LogP contribution in [-0.2, 0) is 28.5 Å². The van der Waals surface area contributed by atoms with Crippen molar-refractivity contribution in [2.45, 2.75) is 64.8 Å². The molecule has 1 atom stereocenters. The van der Waals surface area contributed by atoms with Crippen molar-refractivity contribution in [3.05, 3.63) is 64.7 Å². The van der Waals surface area contributed by atoms with Crippen molar-refractivity contribution in [1.82, 2.24) is 5.32 Å². The van der Waals surface area contributed by atoms with Crippen LogP contribution in [0.15, 0.2) is 42.5 Å². The number of aryl methyl sites for hydroxylation is 3. The van der Waals surface area contributed by atoms with Crippen molar-refractivity contribution >= 4 is 8.25 Å². The smallest absolute Gasteiger partial charge is 0.405 e. The first-order chi connectivity index (χ1) is 15.7. The summed E-state index contributed by atoms with van der Waals surface area (Å²) in [5.41, 5.74) is 3.77. The largest absolute Gasteiger partial charge is 0.694 e. The molecule has 0 heterocycles. The lowest BCUT2D eigenvalue weighted by Gasteiger charge is -2.15. The molecule has 0 aliphatic heterocycles. The van der Waals surface area contributed by atoms with Gasteiger partial charge in [-0.15, -0.1) is 22.6 Å². The lowest BCUT2D eigenvalue weighted by molar-refractivity contribution is -0.274. The number of hydrogen-bond donors (Lipinski definition) is 2. The van der Waals surface area contributed by atoms with Gasteiger partial charge in [-0.25, -0.2) is 0 Å². The predicted molar refractivity (Wildman–Crippen MR) is 122 cm³/mol. The second-order valence-corrected chi connectivity index (χ2v) is 8.72. The summed E-state index contributed by atoms with van der Waals surface area (Å²) < 4.78 is 57.9. The number of ether oxygens (including phenoxy) is 1. The molecular formula is C24H32F3NO4P+. The summed E-state index contributed by atoms with van der Waals surface area (Å²) in [7, 11) is -2.61. The molecule has 0 saturated carbocycles. The van der Waals surface area contributed by atoms with E-state index in [1.165, 1.54) is 17.2 Å². The highest BCUT2D eigenvalue weighted by molar-refractivity contribution is 7.32. The number of hydrogen-bond acceptors (Lipinski definition) is 4. The molecule has 2 aromatic carbocycles. The maximum atomic E-state index is 12.9. The minimum atomic E-state index is -4.74. The van der Waals surface area contributed by atoms with Crippen LogP contribution in [0.3, 0.4) is 0 Å². The van der Waals surface area contributed by atoms with Crippen molar-refractivity contribution in [1.29, 1.82) is 0 Å². The third-order valence-electron chi connectivity index (χ3n) is 5.17. The van der Waals surface area contributed by atoms with Gasteiger partial charge in [-0.1, -0.05) is 54.8 Å². The fourth-order valence-electron chi connectivity index (χ4n) is 3.46. The highest BCUT2D eigenvalue weighted by Gasteiger charge is 2.32. The predicted octanol–water partition coefficient (Wildman–Crippen LogP) is 6.39. The van der Waals surface area contributed by atoms with Gasteiger partial charge in [0.2, 0.25) is 0 Å². The fourth-order valence-corrected chi connectivity index (χ4v) is 3.75. The SMILES string of the molecule is Cc1ccc(CCCCCCc2ccc(CNCCCO[P+](=O)O)cc2OC(F)(F)F)cc1. The van der Waals surface area contributed by atoms with E-state index in [0.29, 0.717) is 37.1 Å². The first-order valence-corrected chi connectivity index (χ1v) is 12.3. The molecule has 9 heteroatoms. The Kier molecular flexibility index (Phi) is 11.8. The zero-order chi connectivity index (χ0) is 24.1. The highest BCUT2D eigenvalue weighted by atomic mass is 31.1. The third-order valence-corrected chi connectivity index (χ3v) is 5.57. The molecule has 0 bridgehead atoms. The molecule has 0 aliphatic rings. The molecule has 5 nitrogen and oxygen atoms in total. The van der Waals surface area contributed by atoms with Crippen molar-refractivity contribution in [2.24, 2.45) is 0 Å². The van der Waals surface area contributed by atoms with Crippen molar-refractivity contribution in [2.75, 3.05) is 13.2 Å². The monoisotopic (exact) mass is 486 g/mol. The van der Waals surface area contributed by atoms with Crippen LogP contribution in [0.25, 0.3) is 0 Å². The first kappa shape index (κ1) is 27.3. The van der Waals surface area contributed by atoms with Gasteiger partial charge in [-0.3, -0.25) is 0 Å². The van der Waals surface area contributed by atoms with Crippen molar-refractivity contribution < 1.29 is 31.9 Å². The van der Waals surface area contributed by atoms with Gasteiger partial charge < -0.3 is 10.1 Å². The third kappa shape index (κ3) is 12.2. The van der Waals surface area contributed by atoms with E-state index in [2.05, 4.69) is 45.8 Å². The molecule has 0 spiro atoms. The first-order valence-electron chi connectivity index (χ1n) is 11.2. The van der Waals surface area contributed by atoms with E-state index in [9.17, 15) is 17.7 Å². The zero-order valence-corrected chi connectivity index (χ0v) is 19.8. The summed E-state index contributed by atoms with van der Waals surface area (Å²) in [6.07, 6.45) is 1.13. The van der Waals surface area contributed by atoms with E-state index in [1.807, 2.05) is 0 Å². The van der Waals surface area contributed by atoms with E-state index >= 15 is 0 Å². The zero-order valence-electron chi connectivity index (χ0n) is 18.9. The lowest BCUT2D eigenvalue weighted by Crippen LogP contribution is -2.19. The Hall–Kier alpha value is -1.99. The maximum Gasteiger partial charge on any atom is 0.694 e. The summed E-state index contributed by atoms with van der Waals surface area (Å²) in [5, 5.41) is 3.07. The second-order valence-electron chi connectivity index (χ2n) is 7.99. The maximum absolute atomic E-state index is 12.9. The van der Waals surface area contributed by atoms with Gasteiger partial charge in [0.15, 0.2) is 0 Å². The Morgan fingerprint density at radius 2 is 1.61 bits per heavy atom. The Bertz CT molecular complexity index is 860. The highest BCUT2D eigenvalue weighted by Crippen LogP contribution is 2.29. The van der Waals surface area contributed by atoms with Gasteiger partial charge in [0.25, 0.3) is 0 Å². The van der Waals surface area contributed by atoms with Gasteiger partial charge in [-0.05, 0) is 68.3 Å². The van der Waals surface area contributed by atoms with E-state index in [4.69, 9.17) is 4.89 Å². The molecule has 0 radical (unpaired) electrons. The number of nitrogens with one attached hydrogen (secondary N) is 1. The van der Waals surface area contributed by atoms with E-state index < -0.39 is 14.6 Å². The summed E-state index contributed by atoms with van der Waals surface area (Å²) in [6, 6.07) is 13.4. The standard InChI is InChI=1S/C24H31F3NO4P/c1-19-9-11-20(12-10-19)7-4-2-3-5-8-22-14-13-21(17-23(22)32-24(25,26)27)18-28-15-6-16-31-33(29)30/h9-14,17,28H,2-8,15-16,18H2,1H3/p+1. The van der Waals surface area contributed by atoms with Gasteiger partial charge >= 0.3 is 14.6 Å². The molecule has 0 saturated heterocycles. The Morgan fingerprint density at radius 3 is 2.27 bits per heavy atom. The number of unbranched alkanes of at least 4 members (excludes halogenated alkanes) is 3. The molecule has 0 aromatic heterocycles. The number of halogens is 3. The average Bonchev–Trinajstić information content (AvgIpc) is 2.74. The summed E-state index contributed by atoms with van der Waals surface area (Å²) in [6.45, 7) is 3.05. The lowest BCUT2D eigenvalue weighted by atomic mass is 10.0. The Balaban J connectivity index is 1.78. The summed E-state index contributed by atoms with van der Waals surface area (Å²) >= 11 is 0. The van der Waals surface area contributed by atoms with Gasteiger partial charge in [0.1, 0.15) is 12.4 Å². The van der Waals surface area contributed by atoms with E-state index in [1.54, 1.807) is 12.1 Å². The second kappa shape index (κ2) is 14.3. The molecule has 0 aliphatic carbocycles. The molecule has 2 N–H and O–H groups in total. The van der Waals surface area contributed by atoms with E-state index in [0.717, 1.165) is 32.1 Å². The van der Waals surface area contributed by atoms with Crippen molar-refractivity contribution in [3.8, 4) is 5.75 Å². The molecule has 0 fully saturated rings. The van der Waals surface area contributed by atoms with Crippen LogP contribution < -0.4 is 10.1 Å². The van der Waals surface area contributed by atoms with Crippen LogP contribution in [0.2, 0.25) is 0 Å². The summed E-state index contributed by atoms with van der Waals surface area (Å²) in [5.74, 6) is -0.151. The quantitative estimate of drug-likeness (QED) is 0.226.